The molecule has 1 aromatic carbocycles. The SMILES string of the molecule is CC(C)(C)C(Cn1ccnc1)NCc1ccc(O)cc1O. The van der Waals surface area contributed by atoms with Gasteiger partial charge in [0.1, 0.15) is 11.5 Å². The van der Waals surface area contributed by atoms with Crippen LogP contribution in [0, 0.1) is 5.41 Å². The minimum Gasteiger partial charge on any atom is -0.508 e. The molecule has 0 aliphatic carbocycles. The number of aromatic nitrogens is 2. The zero-order chi connectivity index (χ0) is 15.5. The molecule has 1 unspecified atom stereocenters. The molecule has 1 heterocycles. The molecule has 114 valence electrons. The number of phenols is 2. The van der Waals surface area contributed by atoms with Crippen LogP contribution >= 0.6 is 0 Å². The summed E-state index contributed by atoms with van der Waals surface area (Å²) in [5.41, 5.74) is 0.837. The topological polar surface area (TPSA) is 70.3 Å². The van der Waals surface area contributed by atoms with Crippen molar-refractivity contribution in [3.05, 3.63) is 42.5 Å². The first-order chi connectivity index (χ1) is 9.86. The molecule has 2 rings (SSSR count). The molecule has 0 fully saturated rings. The molecular weight excluding hydrogens is 266 g/mol. The molecular formula is C16H23N3O2. The van der Waals surface area contributed by atoms with Gasteiger partial charge >= 0.3 is 0 Å². The summed E-state index contributed by atoms with van der Waals surface area (Å²) in [5.74, 6) is 0.180. The van der Waals surface area contributed by atoms with Gasteiger partial charge in [-0.3, -0.25) is 0 Å². The molecule has 0 bridgehead atoms. The van der Waals surface area contributed by atoms with Crippen LogP contribution in [0.1, 0.15) is 26.3 Å². The Morgan fingerprint density at radius 3 is 2.62 bits per heavy atom. The average Bonchev–Trinajstić information content (AvgIpc) is 2.87. The van der Waals surface area contributed by atoms with Crippen LogP contribution in [0.25, 0.3) is 0 Å². The summed E-state index contributed by atoms with van der Waals surface area (Å²) in [6.45, 7) is 7.89. The van der Waals surface area contributed by atoms with E-state index in [4.69, 9.17) is 0 Å². The molecule has 0 saturated carbocycles. The molecule has 1 aromatic heterocycles. The fraction of sp³-hybridized carbons (Fsp3) is 0.438. The average molecular weight is 289 g/mol. The lowest BCUT2D eigenvalue weighted by Crippen LogP contribution is -2.42. The lowest BCUT2D eigenvalue weighted by molar-refractivity contribution is 0.239. The van der Waals surface area contributed by atoms with E-state index < -0.39 is 0 Å². The fourth-order valence-electron chi connectivity index (χ4n) is 2.19. The van der Waals surface area contributed by atoms with E-state index in [9.17, 15) is 10.2 Å². The maximum absolute atomic E-state index is 9.85. The first-order valence-corrected chi connectivity index (χ1v) is 7.06. The molecule has 21 heavy (non-hydrogen) atoms. The monoisotopic (exact) mass is 289 g/mol. The van der Waals surface area contributed by atoms with Gasteiger partial charge in [0.15, 0.2) is 0 Å². The first kappa shape index (κ1) is 15.4. The summed E-state index contributed by atoms with van der Waals surface area (Å²) >= 11 is 0. The summed E-state index contributed by atoms with van der Waals surface area (Å²) in [6, 6.07) is 4.90. The number of nitrogens with one attached hydrogen (secondary N) is 1. The zero-order valence-corrected chi connectivity index (χ0v) is 12.7. The number of nitrogens with zero attached hydrogens (tertiary/aromatic N) is 2. The van der Waals surface area contributed by atoms with Crippen LogP contribution in [0.2, 0.25) is 0 Å². The van der Waals surface area contributed by atoms with Crippen LogP contribution in [0.15, 0.2) is 36.9 Å². The number of rotatable bonds is 5. The third-order valence-corrected chi connectivity index (χ3v) is 3.61. The van der Waals surface area contributed by atoms with Crippen molar-refractivity contribution in [2.45, 2.75) is 39.9 Å². The van der Waals surface area contributed by atoms with Gasteiger partial charge in [0.25, 0.3) is 0 Å². The molecule has 0 aliphatic rings. The quantitative estimate of drug-likeness (QED) is 0.791. The van der Waals surface area contributed by atoms with E-state index in [0.717, 1.165) is 12.1 Å². The molecule has 0 aliphatic heterocycles. The minimum atomic E-state index is 0.0663. The fourth-order valence-corrected chi connectivity index (χ4v) is 2.19. The second-order valence-corrected chi connectivity index (χ2v) is 6.37. The van der Waals surface area contributed by atoms with E-state index in [1.165, 1.54) is 6.07 Å². The Kier molecular flexibility index (Phi) is 4.53. The first-order valence-electron chi connectivity index (χ1n) is 7.06. The predicted molar refractivity (Wildman–Crippen MR) is 82.1 cm³/mol. The number of hydrogen-bond acceptors (Lipinski definition) is 4. The number of imidazole rings is 1. The third-order valence-electron chi connectivity index (χ3n) is 3.61. The normalized spacial score (nSPS) is 13.3. The van der Waals surface area contributed by atoms with E-state index in [-0.39, 0.29) is 23.0 Å². The van der Waals surface area contributed by atoms with Gasteiger partial charge in [0.05, 0.1) is 6.33 Å². The summed E-state index contributed by atoms with van der Waals surface area (Å²) < 4.78 is 2.04. The summed E-state index contributed by atoms with van der Waals surface area (Å²) in [4.78, 5) is 4.07. The van der Waals surface area contributed by atoms with Crippen LogP contribution in [0.5, 0.6) is 11.5 Å². The molecule has 0 saturated heterocycles. The Morgan fingerprint density at radius 1 is 1.29 bits per heavy atom. The molecule has 3 N–H and O–H groups in total. The highest BCUT2D eigenvalue weighted by atomic mass is 16.3. The molecule has 0 spiro atoms. The van der Waals surface area contributed by atoms with Crippen molar-refractivity contribution >= 4 is 0 Å². The Hall–Kier alpha value is -2.01. The van der Waals surface area contributed by atoms with Crippen molar-refractivity contribution in [1.82, 2.24) is 14.9 Å². The maximum Gasteiger partial charge on any atom is 0.123 e. The van der Waals surface area contributed by atoms with Crippen LogP contribution < -0.4 is 5.32 Å². The van der Waals surface area contributed by atoms with Gasteiger partial charge in [-0.05, 0) is 11.5 Å². The Labute approximate surface area is 125 Å². The van der Waals surface area contributed by atoms with E-state index in [0.29, 0.717) is 6.54 Å². The van der Waals surface area contributed by atoms with Crippen molar-refractivity contribution in [3.8, 4) is 11.5 Å². The lowest BCUT2D eigenvalue weighted by Gasteiger charge is -2.32. The van der Waals surface area contributed by atoms with E-state index in [2.05, 4.69) is 31.1 Å². The zero-order valence-electron chi connectivity index (χ0n) is 12.7. The molecule has 0 amide bonds. The van der Waals surface area contributed by atoms with Crippen molar-refractivity contribution in [3.63, 3.8) is 0 Å². The minimum absolute atomic E-state index is 0.0663. The van der Waals surface area contributed by atoms with Crippen LogP contribution in [0.3, 0.4) is 0 Å². The van der Waals surface area contributed by atoms with Gasteiger partial charge in [-0.2, -0.15) is 0 Å². The Morgan fingerprint density at radius 2 is 2.05 bits per heavy atom. The van der Waals surface area contributed by atoms with Gasteiger partial charge in [-0.15, -0.1) is 0 Å². The highest BCUT2D eigenvalue weighted by molar-refractivity contribution is 5.38. The number of benzene rings is 1. The lowest BCUT2D eigenvalue weighted by atomic mass is 9.86. The standard InChI is InChI=1S/C16H23N3O2/c1-16(2,3)15(10-19-7-6-17-11-19)18-9-12-4-5-13(20)8-14(12)21/h4-8,11,15,18,20-21H,9-10H2,1-3H3. The molecule has 0 radical (unpaired) electrons. The van der Waals surface area contributed by atoms with Gasteiger partial charge in [0.2, 0.25) is 0 Å². The van der Waals surface area contributed by atoms with Gasteiger partial charge in [-0.1, -0.05) is 26.8 Å². The largest absolute Gasteiger partial charge is 0.508 e. The summed E-state index contributed by atoms with van der Waals surface area (Å²) in [6.07, 6.45) is 5.52. The van der Waals surface area contributed by atoms with Crippen molar-refractivity contribution in [2.24, 2.45) is 5.41 Å². The van der Waals surface area contributed by atoms with Crippen molar-refractivity contribution in [2.75, 3.05) is 0 Å². The van der Waals surface area contributed by atoms with Crippen molar-refractivity contribution in [1.29, 1.82) is 0 Å². The van der Waals surface area contributed by atoms with Crippen molar-refractivity contribution < 1.29 is 10.2 Å². The number of hydrogen-bond donors (Lipinski definition) is 3. The Balaban J connectivity index is 2.05. The maximum atomic E-state index is 9.85. The Bertz CT molecular complexity index is 574. The number of phenolic OH excluding ortho intramolecular Hbond substituents is 2. The molecule has 1 atom stereocenters. The second kappa shape index (κ2) is 6.18. The van der Waals surface area contributed by atoms with Gasteiger partial charge in [0, 0.05) is 43.2 Å². The van der Waals surface area contributed by atoms with E-state index >= 15 is 0 Å². The summed E-state index contributed by atoms with van der Waals surface area (Å²) in [5, 5.41) is 22.7. The van der Waals surface area contributed by atoms with Crippen LogP contribution in [-0.2, 0) is 13.1 Å². The molecule has 5 heteroatoms. The number of aromatic hydroxyl groups is 2. The van der Waals surface area contributed by atoms with E-state index in [1.54, 1.807) is 24.7 Å². The highest BCUT2D eigenvalue weighted by Crippen LogP contribution is 2.25. The summed E-state index contributed by atoms with van der Waals surface area (Å²) in [7, 11) is 0. The second-order valence-electron chi connectivity index (χ2n) is 6.37. The molecule has 5 nitrogen and oxygen atoms in total. The predicted octanol–water partition coefficient (Wildman–Crippen LogP) is 2.50. The van der Waals surface area contributed by atoms with Crippen LogP contribution in [0.4, 0.5) is 0 Å². The third kappa shape index (κ3) is 4.23. The van der Waals surface area contributed by atoms with Gasteiger partial charge < -0.3 is 20.1 Å². The van der Waals surface area contributed by atoms with E-state index in [1.807, 2.05) is 10.8 Å². The smallest absolute Gasteiger partial charge is 0.123 e. The van der Waals surface area contributed by atoms with Gasteiger partial charge in [-0.25, -0.2) is 4.98 Å². The molecule has 2 aromatic rings. The highest BCUT2D eigenvalue weighted by Gasteiger charge is 2.24. The van der Waals surface area contributed by atoms with Crippen LogP contribution in [-0.4, -0.2) is 25.8 Å².